The van der Waals surface area contributed by atoms with Crippen molar-refractivity contribution in [2.45, 2.75) is 20.3 Å². The average molecular weight is 266 g/mol. The van der Waals surface area contributed by atoms with Crippen LogP contribution in [-0.2, 0) is 7.05 Å². The second kappa shape index (κ2) is 5.56. The summed E-state index contributed by atoms with van der Waals surface area (Å²) in [6.45, 7) is 8.31. The molecule has 0 bridgehead atoms. The van der Waals surface area contributed by atoms with Crippen LogP contribution in [0.5, 0.6) is 0 Å². The molecule has 1 aromatic heterocycles. The van der Waals surface area contributed by atoms with Gasteiger partial charge in [0, 0.05) is 26.7 Å². The first-order valence-corrected chi connectivity index (χ1v) is 6.58. The second-order valence-electron chi connectivity index (χ2n) is 5.81. The number of anilines is 1. The standard InChI is InChI=1S/C12H22N6O/c1-12(2)4-6-18(9-12)7-5-13-11(19)15-10-8-14-16-17(10)3/h8H,4-7,9H2,1-3H3,(H2,13,15,19). The lowest BCUT2D eigenvalue weighted by atomic mass is 9.93. The number of carbonyl (C=O) groups is 1. The van der Waals surface area contributed by atoms with E-state index in [1.165, 1.54) is 17.3 Å². The van der Waals surface area contributed by atoms with Crippen LogP contribution in [0.3, 0.4) is 0 Å². The zero-order chi connectivity index (χ0) is 13.9. The van der Waals surface area contributed by atoms with Gasteiger partial charge in [0.2, 0.25) is 0 Å². The predicted molar refractivity (Wildman–Crippen MR) is 72.9 cm³/mol. The highest BCUT2D eigenvalue weighted by atomic mass is 16.2. The average Bonchev–Trinajstić information content (AvgIpc) is 2.86. The van der Waals surface area contributed by atoms with E-state index in [2.05, 4.69) is 39.7 Å². The number of likely N-dealkylation sites (tertiary alicyclic amines) is 1. The molecule has 19 heavy (non-hydrogen) atoms. The third-order valence-corrected chi connectivity index (χ3v) is 3.43. The van der Waals surface area contributed by atoms with Gasteiger partial charge in [0.1, 0.15) is 0 Å². The first-order valence-electron chi connectivity index (χ1n) is 6.58. The van der Waals surface area contributed by atoms with E-state index in [1.54, 1.807) is 7.05 Å². The van der Waals surface area contributed by atoms with Gasteiger partial charge in [-0.1, -0.05) is 19.1 Å². The summed E-state index contributed by atoms with van der Waals surface area (Å²) >= 11 is 0. The minimum atomic E-state index is -0.219. The fraction of sp³-hybridized carbons (Fsp3) is 0.750. The van der Waals surface area contributed by atoms with Crippen molar-refractivity contribution in [3.63, 3.8) is 0 Å². The zero-order valence-electron chi connectivity index (χ0n) is 11.8. The summed E-state index contributed by atoms with van der Waals surface area (Å²) < 4.78 is 1.52. The Hall–Kier alpha value is -1.63. The predicted octanol–water partition coefficient (Wildman–Crippen LogP) is 0.668. The maximum atomic E-state index is 11.7. The van der Waals surface area contributed by atoms with Crippen molar-refractivity contribution in [2.75, 3.05) is 31.5 Å². The van der Waals surface area contributed by atoms with Gasteiger partial charge in [-0.05, 0) is 18.4 Å². The normalized spacial score (nSPS) is 18.5. The molecule has 0 aliphatic carbocycles. The van der Waals surface area contributed by atoms with E-state index in [-0.39, 0.29) is 6.03 Å². The number of hydrogen-bond donors (Lipinski definition) is 2. The number of aryl methyl sites for hydroxylation is 1. The molecule has 0 radical (unpaired) electrons. The number of urea groups is 1. The molecule has 2 N–H and O–H groups in total. The number of nitrogens with one attached hydrogen (secondary N) is 2. The van der Waals surface area contributed by atoms with Gasteiger partial charge < -0.3 is 10.2 Å². The summed E-state index contributed by atoms with van der Waals surface area (Å²) in [5.41, 5.74) is 0.405. The summed E-state index contributed by atoms with van der Waals surface area (Å²) in [5.74, 6) is 0.583. The maximum Gasteiger partial charge on any atom is 0.320 e. The van der Waals surface area contributed by atoms with Crippen molar-refractivity contribution in [1.29, 1.82) is 0 Å². The molecule has 0 saturated carbocycles. The number of amides is 2. The van der Waals surface area contributed by atoms with Crippen molar-refractivity contribution < 1.29 is 4.79 Å². The molecule has 1 saturated heterocycles. The Morgan fingerprint density at radius 3 is 2.89 bits per heavy atom. The van der Waals surface area contributed by atoms with Gasteiger partial charge in [0.05, 0.1) is 6.20 Å². The van der Waals surface area contributed by atoms with Gasteiger partial charge in [-0.15, -0.1) is 5.10 Å². The Kier molecular flexibility index (Phi) is 4.04. The smallest absolute Gasteiger partial charge is 0.320 e. The lowest BCUT2D eigenvalue weighted by Crippen LogP contribution is -2.37. The number of hydrogen-bond acceptors (Lipinski definition) is 4. The molecular weight excluding hydrogens is 244 g/mol. The minimum absolute atomic E-state index is 0.219. The van der Waals surface area contributed by atoms with E-state index >= 15 is 0 Å². The van der Waals surface area contributed by atoms with Gasteiger partial charge in [0.25, 0.3) is 0 Å². The lowest BCUT2D eigenvalue weighted by molar-refractivity contribution is 0.247. The van der Waals surface area contributed by atoms with Crippen LogP contribution in [0, 0.1) is 5.41 Å². The van der Waals surface area contributed by atoms with E-state index in [0.29, 0.717) is 17.8 Å². The Morgan fingerprint density at radius 1 is 1.53 bits per heavy atom. The van der Waals surface area contributed by atoms with Crippen LogP contribution >= 0.6 is 0 Å². The molecule has 1 aliphatic heterocycles. The van der Waals surface area contributed by atoms with E-state index in [9.17, 15) is 4.79 Å². The third-order valence-electron chi connectivity index (χ3n) is 3.43. The van der Waals surface area contributed by atoms with E-state index in [1.807, 2.05) is 0 Å². The molecule has 106 valence electrons. The molecule has 2 amide bonds. The first-order chi connectivity index (χ1) is 8.96. The molecule has 0 spiro atoms. The Morgan fingerprint density at radius 2 is 2.32 bits per heavy atom. The van der Waals surface area contributed by atoms with Gasteiger partial charge >= 0.3 is 6.03 Å². The molecule has 1 aromatic rings. The molecule has 0 aromatic carbocycles. The summed E-state index contributed by atoms with van der Waals surface area (Å²) in [6, 6.07) is -0.219. The number of carbonyl (C=O) groups excluding carboxylic acids is 1. The summed E-state index contributed by atoms with van der Waals surface area (Å²) in [4.78, 5) is 14.0. The number of aromatic nitrogens is 3. The van der Waals surface area contributed by atoms with Crippen LogP contribution in [0.1, 0.15) is 20.3 Å². The minimum Gasteiger partial charge on any atom is -0.337 e. The highest BCUT2D eigenvalue weighted by Gasteiger charge is 2.28. The largest absolute Gasteiger partial charge is 0.337 e. The zero-order valence-corrected chi connectivity index (χ0v) is 11.8. The molecule has 2 heterocycles. The molecule has 1 fully saturated rings. The van der Waals surface area contributed by atoms with Gasteiger partial charge in [-0.2, -0.15) is 0 Å². The topological polar surface area (TPSA) is 75.1 Å². The van der Waals surface area contributed by atoms with Crippen LogP contribution in [0.25, 0.3) is 0 Å². The molecule has 1 aliphatic rings. The second-order valence-corrected chi connectivity index (χ2v) is 5.81. The van der Waals surface area contributed by atoms with Crippen molar-refractivity contribution >= 4 is 11.8 Å². The lowest BCUT2D eigenvalue weighted by Gasteiger charge is -2.19. The third kappa shape index (κ3) is 3.92. The first kappa shape index (κ1) is 13.8. The summed E-state index contributed by atoms with van der Waals surface area (Å²) in [7, 11) is 1.73. The fourth-order valence-corrected chi connectivity index (χ4v) is 2.31. The molecule has 7 nitrogen and oxygen atoms in total. The molecule has 0 atom stereocenters. The van der Waals surface area contributed by atoms with Crippen molar-refractivity contribution in [2.24, 2.45) is 12.5 Å². The summed E-state index contributed by atoms with van der Waals surface area (Å²) in [6.07, 6.45) is 2.74. The quantitative estimate of drug-likeness (QED) is 0.840. The highest BCUT2D eigenvalue weighted by Crippen LogP contribution is 2.28. The SMILES string of the molecule is Cn1nncc1NC(=O)NCCN1CCC(C)(C)C1. The number of rotatable bonds is 4. The van der Waals surface area contributed by atoms with Crippen LogP contribution < -0.4 is 10.6 Å². The van der Waals surface area contributed by atoms with Crippen LogP contribution in [0.4, 0.5) is 10.6 Å². The molecule has 2 rings (SSSR count). The Balaban J connectivity index is 1.66. The van der Waals surface area contributed by atoms with E-state index < -0.39 is 0 Å². The van der Waals surface area contributed by atoms with E-state index in [0.717, 1.165) is 19.6 Å². The van der Waals surface area contributed by atoms with Crippen LogP contribution in [0.15, 0.2) is 6.20 Å². The summed E-state index contributed by atoms with van der Waals surface area (Å²) in [5, 5.41) is 13.0. The molecular formula is C12H22N6O. The molecule has 7 heteroatoms. The van der Waals surface area contributed by atoms with Crippen molar-refractivity contribution in [3.8, 4) is 0 Å². The van der Waals surface area contributed by atoms with Crippen LogP contribution in [0.2, 0.25) is 0 Å². The van der Waals surface area contributed by atoms with Gasteiger partial charge in [-0.25, -0.2) is 9.48 Å². The highest BCUT2D eigenvalue weighted by molar-refractivity contribution is 5.88. The Bertz CT molecular complexity index is 441. The number of nitrogens with zero attached hydrogens (tertiary/aromatic N) is 4. The van der Waals surface area contributed by atoms with E-state index in [4.69, 9.17) is 0 Å². The van der Waals surface area contributed by atoms with Crippen LogP contribution in [-0.4, -0.2) is 52.1 Å². The maximum absolute atomic E-state index is 11.7. The van der Waals surface area contributed by atoms with Gasteiger partial charge in [-0.3, -0.25) is 5.32 Å². The van der Waals surface area contributed by atoms with Crippen molar-refractivity contribution in [3.05, 3.63) is 6.20 Å². The van der Waals surface area contributed by atoms with Crippen molar-refractivity contribution in [1.82, 2.24) is 25.2 Å². The van der Waals surface area contributed by atoms with Gasteiger partial charge in [0.15, 0.2) is 5.82 Å². The fourth-order valence-electron chi connectivity index (χ4n) is 2.31. The Labute approximate surface area is 113 Å². The molecule has 0 unspecified atom stereocenters. The monoisotopic (exact) mass is 266 g/mol.